The van der Waals surface area contributed by atoms with Crippen LogP contribution in [0.25, 0.3) is 5.70 Å². The first-order valence-corrected chi connectivity index (χ1v) is 13.8. The second-order valence-corrected chi connectivity index (χ2v) is 12.1. The predicted octanol–water partition coefficient (Wildman–Crippen LogP) is 4.16. The molecule has 3 N–H and O–H groups in total. The van der Waals surface area contributed by atoms with Crippen molar-refractivity contribution in [3.05, 3.63) is 64.6 Å². The van der Waals surface area contributed by atoms with Crippen LogP contribution in [-0.2, 0) is 22.4 Å². The molecule has 1 aromatic heterocycles. The van der Waals surface area contributed by atoms with Gasteiger partial charge in [0.15, 0.2) is 0 Å². The van der Waals surface area contributed by atoms with Gasteiger partial charge in [-0.1, -0.05) is 26.7 Å². The number of amides is 1. The van der Waals surface area contributed by atoms with Gasteiger partial charge in [0.05, 0.1) is 17.7 Å². The number of aromatic nitrogens is 1. The second-order valence-electron chi connectivity index (χ2n) is 12.1. The molecule has 0 radical (unpaired) electrons. The van der Waals surface area contributed by atoms with E-state index in [0.717, 1.165) is 42.5 Å². The fourth-order valence-electron chi connectivity index (χ4n) is 5.11. The number of aliphatic hydroxyl groups is 1. The average molecular weight is 550 g/mol. The lowest BCUT2D eigenvalue weighted by Gasteiger charge is -2.43. The van der Waals surface area contributed by atoms with Gasteiger partial charge in [-0.05, 0) is 85.9 Å². The molecule has 0 unspecified atom stereocenters. The molecule has 1 saturated carbocycles. The zero-order valence-corrected chi connectivity index (χ0v) is 24.0. The van der Waals surface area contributed by atoms with E-state index in [9.17, 15) is 14.3 Å². The third-order valence-electron chi connectivity index (χ3n) is 7.44. The van der Waals surface area contributed by atoms with Gasteiger partial charge in [-0.2, -0.15) is 0 Å². The summed E-state index contributed by atoms with van der Waals surface area (Å²) in [4.78, 5) is 17.4. The zero-order valence-electron chi connectivity index (χ0n) is 24.0. The van der Waals surface area contributed by atoms with Crippen LogP contribution in [0.3, 0.4) is 0 Å². The maximum Gasteiger partial charge on any atom is 0.249 e. The van der Waals surface area contributed by atoms with Crippen molar-refractivity contribution in [2.24, 2.45) is 5.41 Å². The van der Waals surface area contributed by atoms with E-state index in [-0.39, 0.29) is 24.3 Å². The molecule has 1 aliphatic heterocycles. The van der Waals surface area contributed by atoms with E-state index in [1.807, 2.05) is 6.20 Å². The molecule has 1 aliphatic carbocycles. The van der Waals surface area contributed by atoms with Gasteiger partial charge < -0.3 is 25.2 Å². The highest BCUT2D eigenvalue weighted by molar-refractivity contribution is 5.80. The largest absolute Gasteiger partial charge is 0.466 e. The van der Waals surface area contributed by atoms with Crippen molar-refractivity contribution in [1.29, 1.82) is 0 Å². The molecule has 7 nitrogen and oxygen atoms in total. The number of nitrogens with zero attached hydrogens (tertiary/aromatic N) is 1. The molecular formula is C32H40FN3O4. The monoisotopic (exact) mass is 549 g/mol. The number of fused-ring (bicyclic) bond motifs is 1. The summed E-state index contributed by atoms with van der Waals surface area (Å²) in [6.07, 6.45) is 11.6. The highest BCUT2D eigenvalue weighted by Crippen LogP contribution is 2.44. The Bertz CT molecular complexity index is 1310. The van der Waals surface area contributed by atoms with E-state index in [1.54, 1.807) is 13.0 Å². The Morgan fingerprint density at radius 2 is 2.02 bits per heavy atom. The summed E-state index contributed by atoms with van der Waals surface area (Å²) in [5.41, 5.74) is 3.46. The minimum absolute atomic E-state index is 0.0924. The van der Waals surface area contributed by atoms with Crippen molar-refractivity contribution in [3.8, 4) is 18.2 Å². The highest BCUT2D eigenvalue weighted by atomic mass is 19.1. The van der Waals surface area contributed by atoms with Gasteiger partial charge in [0, 0.05) is 31.1 Å². The third-order valence-corrected chi connectivity index (χ3v) is 7.44. The zero-order chi connectivity index (χ0) is 29.1. The van der Waals surface area contributed by atoms with Gasteiger partial charge in [0.2, 0.25) is 11.8 Å². The number of hydrogen-bond donors (Lipinski definition) is 3. The van der Waals surface area contributed by atoms with E-state index in [4.69, 9.17) is 15.9 Å². The number of carbonyl (C=O) groups excluding carboxylic acids is 1. The summed E-state index contributed by atoms with van der Waals surface area (Å²) in [5.74, 6) is 2.18. The molecule has 40 heavy (non-hydrogen) atoms. The van der Waals surface area contributed by atoms with Gasteiger partial charge in [-0.25, -0.2) is 9.37 Å². The van der Waals surface area contributed by atoms with Gasteiger partial charge in [-0.3, -0.25) is 4.79 Å². The quantitative estimate of drug-likeness (QED) is 0.386. The number of halogens is 1. The van der Waals surface area contributed by atoms with Crippen molar-refractivity contribution in [2.75, 3.05) is 13.7 Å². The lowest BCUT2D eigenvalue weighted by atomic mass is 9.77. The molecule has 3 atom stereocenters. The lowest BCUT2D eigenvalue weighted by Crippen LogP contribution is -2.51. The van der Waals surface area contributed by atoms with Crippen LogP contribution >= 0.6 is 0 Å². The number of terminal acetylenes is 1. The number of carbonyl (C=O) groups is 1. The van der Waals surface area contributed by atoms with E-state index in [1.165, 1.54) is 19.2 Å². The molecular weight excluding hydrogens is 509 g/mol. The smallest absolute Gasteiger partial charge is 0.249 e. The molecule has 2 heterocycles. The Labute approximate surface area is 236 Å². The number of aliphatic hydroxyl groups excluding tert-OH is 1. The molecule has 0 bridgehead atoms. The minimum Gasteiger partial charge on any atom is -0.466 e. The first-order valence-electron chi connectivity index (χ1n) is 13.8. The minimum atomic E-state index is -1.01. The average Bonchev–Trinajstić information content (AvgIpc) is 2.88. The van der Waals surface area contributed by atoms with Gasteiger partial charge in [0.1, 0.15) is 17.5 Å². The van der Waals surface area contributed by atoms with Crippen molar-refractivity contribution in [3.63, 3.8) is 0 Å². The fraction of sp³-hybridized carbons (Fsp3) is 0.500. The van der Waals surface area contributed by atoms with Crippen LogP contribution in [0, 0.1) is 23.6 Å². The summed E-state index contributed by atoms with van der Waals surface area (Å²) in [5, 5.41) is 17.6. The van der Waals surface area contributed by atoms with E-state index >= 15 is 0 Å². The molecule has 2 aliphatic rings. The topological polar surface area (TPSA) is 92.7 Å². The highest BCUT2D eigenvalue weighted by Gasteiger charge is 2.42. The normalized spacial score (nSPS) is 17.8. The van der Waals surface area contributed by atoms with Crippen LogP contribution in [0.4, 0.5) is 4.39 Å². The number of methoxy groups -OCH3 is 1. The Morgan fingerprint density at radius 3 is 2.65 bits per heavy atom. The molecule has 1 spiro atoms. The molecule has 2 aromatic rings. The molecule has 0 saturated heterocycles. The Kier molecular flexibility index (Phi) is 8.86. The second kappa shape index (κ2) is 12.0. The first-order chi connectivity index (χ1) is 18.9. The SMILES string of the molecule is C#Cc1cc(F)cc(C[C@H](NC(=O)[C@@H](C)OC)[C@H](O)CNC2=CC3(CCC3)Oc3ncc(CC(C)(C)C)cc32)c1. The Balaban J connectivity index is 1.57. The molecule has 4 rings (SSSR count). The van der Waals surface area contributed by atoms with E-state index < -0.39 is 29.7 Å². The van der Waals surface area contributed by atoms with Gasteiger partial charge in [0.25, 0.3) is 0 Å². The summed E-state index contributed by atoms with van der Waals surface area (Å²) in [6.45, 7) is 8.30. The first kappa shape index (κ1) is 29.6. The van der Waals surface area contributed by atoms with E-state index in [2.05, 4.69) is 54.5 Å². The maximum atomic E-state index is 14.2. The van der Waals surface area contributed by atoms with Gasteiger partial charge in [-0.15, -0.1) is 6.42 Å². The summed E-state index contributed by atoms with van der Waals surface area (Å²) in [6, 6.07) is 5.68. The summed E-state index contributed by atoms with van der Waals surface area (Å²) >= 11 is 0. The maximum absolute atomic E-state index is 14.2. The summed E-state index contributed by atoms with van der Waals surface area (Å²) < 4.78 is 25.7. The van der Waals surface area contributed by atoms with Crippen LogP contribution in [0.5, 0.6) is 5.88 Å². The van der Waals surface area contributed by atoms with Crippen molar-refractivity contribution in [1.82, 2.24) is 15.6 Å². The third kappa shape index (κ3) is 7.21. The molecule has 1 fully saturated rings. The number of ether oxygens (including phenoxy) is 2. The number of pyridine rings is 1. The Morgan fingerprint density at radius 1 is 1.27 bits per heavy atom. The van der Waals surface area contributed by atoms with Crippen LogP contribution in [0.1, 0.15) is 69.2 Å². The number of nitrogens with one attached hydrogen (secondary N) is 2. The lowest BCUT2D eigenvalue weighted by molar-refractivity contribution is -0.131. The predicted molar refractivity (Wildman–Crippen MR) is 153 cm³/mol. The van der Waals surface area contributed by atoms with Crippen LogP contribution < -0.4 is 15.4 Å². The molecule has 1 aromatic carbocycles. The number of rotatable bonds is 10. The van der Waals surface area contributed by atoms with Crippen LogP contribution in [0.15, 0.2) is 36.5 Å². The molecule has 214 valence electrons. The van der Waals surface area contributed by atoms with Crippen molar-refractivity contribution in [2.45, 2.75) is 83.6 Å². The molecule has 1 amide bonds. The number of benzene rings is 1. The van der Waals surface area contributed by atoms with Crippen LogP contribution in [0.2, 0.25) is 0 Å². The fourth-order valence-corrected chi connectivity index (χ4v) is 5.11. The Hall–Kier alpha value is -3.41. The van der Waals surface area contributed by atoms with Gasteiger partial charge >= 0.3 is 0 Å². The van der Waals surface area contributed by atoms with Crippen LogP contribution in [-0.4, -0.2) is 53.5 Å². The molecule has 8 heteroatoms. The van der Waals surface area contributed by atoms with Crippen molar-refractivity contribution >= 4 is 11.6 Å². The van der Waals surface area contributed by atoms with E-state index in [0.29, 0.717) is 17.0 Å². The summed E-state index contributed by atoms with van der Waals surface area (Å²) in [7, 11) is 1.44. The standard InChI is InChI=1S/C32H40FN3O4/c1-7-21-11-22(13-24(33)12-21)15-26(36-29(38)20(2)39-6)28(37)19-34-27-17-32(9-8-10-32)40-30-25(27)14-23(18-35-30)16-31(3,4)5/h1,11-14,17-18,20,26,28,34,37H,8-10,15-16,19H2,2-6H3,(H,36,38)/t20-,26+,28-/m1/s1. The number of hydrogen-bond acceptors (Lipinski definition) is 6. The van der Waals surface area contributed by atoms with Crippen molar-refractivity contribution < 1.29 is 23.8 Å².